The van der Waals surface area contributed by atoms with Crippen molar-refractivity contribution in [1.29, 1.82) is 0 Å². The fourth-order valence-corrected chi connectivity index (χ4v) is 1.68. The van der Waals surface area contributed by atoms with Crippen LogP contribution in [0.2, 0.25) is 0 Å². The van der Waals surface area contributed by atoms with E-state index >= 15 is 0 Å². The highest BCUT2D eigenvalue weighted by Crippen LogP contribution is 2.15. The zero-order valence-corrected chi connectivity index (χ0v) is 7.56. The van der Waals surface area contributed by atoms with Crippen LogP contribution in [-0.4, -0.2) is 29.3 Å². The van der Waals surface area contributed by atoms with Gasteiger partial charge in [-0.2, -0.15) is 5.10 Å². The largest absolute Gasteiger partial charge is 0.354 e. The molecule has 0 radical (unpaired) electrons. The Kier molecular flexibility index (Phi) is 2.40. The lowest BCUT2D eigenvalue weighted by molar-refractivity contribution is 0.502. The van der Waals surface area contributed by atoms with Crippen LogP contribution in [0.1, 0.15) is 12.8 Å². The van der Waals surface area contributed by atoms with Crippen LogP contribution in [0.4, 0.5) is 5.82 Å². The third-order valence-electron chi connectivity index (χ3n) is 2.34. The molecule has 2 heterocycles. The van der Waals surface area contributed by atoms with Crippen molar-refractivity contribution in [3.8, 4) is 0 Å². The van der Waals surface area contributed by atoms with Crippen LogP contribution < -0.4 is 10.6 Å². The predicted octanol–water partition coefficient (Wildman–Crippen LogP) is 0.404. The standard InChI is InChI=1S/C9H14N4/c10-8-3-2-6-13(7-8)9-4-1-5-11-12-9/h1,4-5,8H,2-3,6-7,10H2/t8-/m0/s1. The Bertz CT molecular complexity index is 262. The molecule has 1 saturated heterocycles. The Morgan fingerprint density at radius 3 is 3.15 bits per heavy atom. The van der Waals surface area contributed by atoms with E-state index in [1.807, 2.05) is 12.1 Å². The van der Waals surface area contributed by atoms with E-state index in [9.17, 15) is 0 Å². The SMILES string of the molecule is N[C@H]1CCCN(c2cccnn2)C1. The third-order valence-corrected chi connectivity index (χ3v) is 2.34. The maximum absolute atomic E-state index is 5.87. The van der Waals surface area contributed by atoms with Crippen LogP contribution in [-0.2, 0) is 0 Å². The monoisotopic (exact) mass is 178 g/mol. The molecule has 1 aliphatic heterocycles. The second-order valence-electron chi connectivity index (χ2n) is 3.43. The van der Waals surface area contributed by atoms with Crippen molar-refractivity contribution in [3.63, 3.8) is 0 Å². The molecule has 2 rings (SSSR count). The summed E-state index contributed by atoms with van der Waals surface area (Å²) in [6.07, 6.45) is 3.96. The quantitative estimate of drug-likeness (QED) is 0.676. The van der Waals surface area contributed by atoms with Crippen molar-refractivity contribution in [3.05, 3.63) is 18.3 Å². The highest BCUT2D eigenvalue weighted by atomic mass is 15.3. The summed E-state index contributed by atoms with van der Waals surface area (Å²) in [7, 11) is 0. The van der Waals surface area contributed by atoms with Gasteiger partial charge in [0.05, 0.1) is 0 Å². The first-order chi connectivity index (χ1) is 6.36. The fraction of sp³-hybridized carbons (Fsp3) is 0.556. The Morgan fingerprint density at radius 1 is 1.54 bits per heavy atom. The minimum atomic E-state index is 0.288. The summed E-state index contributed by atoms with van der Waals surface area (Å²) in [6.45, 7) is 1.95. The summed E-state index contributed by atoms with van der Waals surface area (Å²) in [5, 5.41) is 7.91. The number of hydrogen-bond donors (Lipinski definition) is 1. The molecule has 0 amide bonds. The van der Waals surface area contributed by atoms with E-state index in [2.05, 4.69) is 15.1 Å². The van der Waals surface area contributed by atoms with Gasteiger partial charge in [-0.25, -0.2) is 0 Å². The number of hydrogen-bond acceptors (Lipinski definition) is 4. The molecule has 0 bridgehead atoms. The average Bonchev–Trinajstić information content (AvgIpc) is 2.19. The summed E-state index contributed by atoms with van der Waals surface area (Å²) in [4.78, 5) is 2.20. The number of nitrogens with zero attached hydrogens (tertiary/aromatic N) is 3. The van der Waals surface area contributed by atoms with Gasteiger partial charge >= 0.3 is 0 Å². The summed E-state index contributed by atoms with van der Waals surface area (Å²) in [5.41, 5.74) is 5.87. The van der Waals surface area contributed by atoms with Crippen LogP contribution >= 0.6 is 0 Å². The topological polar surface area (TPSA) is 55.0 Å². The highest BCUT2D eigenvalue weighted by Gasteiger charge is 2.17. The van der Waals surface area contributed by atoms with Crippen molar-refractivity contribution in [2.75, 3.05) is 18.0 Å². The molecule has 1 aliphatic rings. The van der Waals surface area contributed by atoms with Crippen molar-refractivity contribution < 1.29 is 0 Å². The summed E-state index contributed by atoms with van der Waals surface area (Å²) >= 11 is 0. The van der Waals surface area contributed by atoms with E-state index in [4.69, 9.17) is 5.73 Å². The molecule has 13 heavy (non-hydrogen) atoms. The van der Waals surface area contributed by atoms with Crippen LogP contribution in [0.3, 0.4) is 0 Å². The van der Waals surface area contributed by atoms with Gasteiger partial charge in [-0.3, -0.25) is 0 Å². The molecule has 0 unspecified atom stereocenters. The van der Waals surface area contributed by atoms with Crippen LogP contribution in [0.5, 0.6) is 0 Å². The molecule has 0 spiro atoms. The van der Waals surface area contributed by atoms with Crippen LogP contribution in [0, 0.1) is 0 Å². The molecule has 70 valence electrons. The minimum absolute atomic E-state index is 0.288. The zero-order valence-electron chi connectivity index (χ0n) is 7.56. The molecule has 0 aliphatic carbocycles. The molecular formula is C9H14N4. The Labute approximate surface area is 77.8 Å². The first-order valence-corrected chi connectivity index (χ1v) is 4.64. The van der Waals surface area contributed by atoms with Gasteiger partial charge < -0.3 is 10.6 Å². The average molecular weight is 178 g/mol. The second-order valence-corrected chi connectivity index (χ2v) is 3.43. The van der Waals surface area contributed by atoms with Gasteiger partial charge in [-0.05, 0) is 25.0 Å². The Balaban J connectivity index is 2.08. The van der Waals surface area contributed by atoms with E-state index in [0.717, 1.165) is 31.7 Å². The van der Waals surface area contributed by atoms with Gasteiger partial charge in [0.15, 0.2) is 5.82 Å². The lowest BCUT2D eigenvalue weighted by Crippen LogP contribution is -2.43. The minimum Gasteiger partial charge on any atom is -0.354 e. The van der Waals surface area contributed by atoms with Gasteiger partial charge in [-0.15, -0.1) is 5.10 Å². The van der Waals surface area contributed by atoms with E-state index in [-0.39, 0.29) is 6.04 Å². The molecule has 4 heteroatoms. The Morgan fingerprint density at radius 2 is 2.46 bits per heavy atom. The second kappa shape index (κ2) is 3.70. The number of rotatable bonds is 1. The number of nitrogens with two attached hydrogens (primary N) is 1. The molecular weight excluding hydrogens is 164 g/mol. The fourth-order valence-electron chi connectivity index (χ4n) is 1.68. The molecule has 2 N–H and O–H groups in total. The number of anilines is 1. The Hall–Kier alpha value is -1.16. The summed E-state index contributed by atoms with van der Waals surface area (Å²) in [6, 6.07) is 4.17. The van der Waals surface area contributed by atoms with Crippen molar-refractivity contribution in [1.82, 2.24) is 10.2 Å². The maximum Gasteiger partial charge on any atom is 0.151 e. The molecule has 1 atom stereocenters. The molecule has 1 fully saturated rings. The first kappa shape index (κ1) is 8.44. The predicted molar refractivity (Wildman–Crippen MR) is 51.5 cm³/mol. The molecule has 4 nitrogen and oxygen atoms in total. The normalized spacial score (nSPS) is 23.2. The van der Waals surface area contributed by atoms with Crippen molar-refractivity contribution in [2.45, 2.75) is 18.9 Å². The smallest absolute Gasteiger partial charge is 0.151 e. The lowest BCUT2D eigenvalue weighted by atomic mass is 10.1. The highest BCUT2D eigenvalue weighted by molar-refractivity contribution is 5.37. The van der Waals surface area contributed by atoms with Gasteiger partial charge in [0, 0.05) is 25.3 Å². The van der Waals surface area contributed by atoms with Gasteiger partial charge in [-0.1, -0.05) is 0 Å². The van der Waals surface area contributed by atoms with Gasteiger partial charge in [0.1, 0.15) is 0 Å². The van der Waals surface area contributed by atoms with E-state index in [1.54, 1.807) is 6.20 Å². The van der Waals surface area contributed by atoms with E-state index in [0.29, 0.717) is 0 Å². The summed E-state index contributed by atoms with van der Waals surface area (Å²) < 4.78 is 0. The van der Waals surface area contributed by atoms with Gasteiger partial charge in [0.2, 0.25) is 0 Å². The number of piperidine rings is 1. The lowest BCUT2D eigenvalue weighted by Gasteiger charge is -2.31. The first-order valence-electron chi connectivity index (χ1n) is 4.64. The van der Waals surface area contributed by atoms with Gasteiger partial charge in [0.25, 0.3) is 0 Å². The molecule has 1 aromatic heterocycles. The van der Waals surface area contributed by atoms with Crippen LogP contribution in [0.15, 0.2) is 18.3 Å². The third kappa shape index (κ3) is 1.95. The molecule has 0 aromatic carbocycles. The summed E-state index contributed by atoms with van der Waals surface area (Å²) in [5.74, 6) is 0.942. The number of aromatic nitrogens is 2. The van der Waals surface area contributed by atoms with Crippen molar-refractivity contribution >= 4 is 5.82 Å². The molecule has 0 saturated carbocycles. The van der Waals surface area contributed by atoms with Crippen LogP contribution in [0.25, 0.3) is 0 Å². The zero-order chi connectivity index (χ0) is 9.10. The van der Waals surface area contributed by atoms with Crippen molar-refractivity contribution in [2.24, 2.45) is 5.73 Å². The van der Waals surface area contributed by atoms with E-state index in [1.165, 1.54) is 0 Å². The maximum atomic E-state index is 5.87. The molecule has 1 aromatic rings. The van der Waals surface area contributed by atoms with E-state index < -0.39 is 0 Å².